The summed E-state index contributed by atoms with van der Waals surface area (Å²) in [7, 11) is 0. The highest BCUT2D eigenvalue weighted by Crippen LogP contribution is 2.31. The SMILES string of the molecule is CCOC(=O)Cc1c2nccnc2c(O)n1-c1ccc(Cl)cn1. The van der Waals surface area contributed by atoms with Gasteiger partial charge in [0.25, 0.3) is 0 Å². The van der Waals surface area contributed by atoms with Gasteiger partial charge < -0.3 is 9.84 Å². The van der Waals surface area contributed by atoms with Crippen molar-refractivity contribution < 1.29 is 14.6 Å². The maximum Gasteiger partial charge on any atom is 0.311 e. The Morgan fingerprint density at radius 2 is 2.00 bits per heavy atom. The highest BCUT2D eigenvalue weighted by atomic mass is 35.5. The zero-order valence-corrected chi connectivity index (χ0v) is 13.0. The Balaban J connectivity index is 2.20. The Morgan fingerprint density at radius 1 is 1.26 bits per heavy atom. The molecule has 0 spiro atoms. The fourth-order valence-corrected chi connectivity index (χ4v) is 2.42. The van der Waals surface area contributed by atoms with E-state index in [1.165, 1.54) is 23.2 Å². The quantitative estimate of drug-likeness (QED) is 0.737. The molecule has 0 unspecified atom stereocenters. The lowest BCUT2D eigenvalue weighted by Crippen LogP contribution is -2.12. The smallest absolute Gasteiger partial charge is 0.311 e. The van der Waals surface area contributed by atoms with Crippen LogP contribution in [0.2, 0.25) is 5.02 Å². The van der Waals surface area contributed by atoms with Gasteiger partial charge >= 0.3 is 5.97 Å². The lowest BCUT2D eigenvalue weighted by Gasteiger charge is -2.09. The minimum atomic E-state index is -0.423. The molecule has 3 rings (SSSR count). The molecule has 8 heteroatoms. The maximum atomic E-state index is 11.9. The molecular weight excluding hydrogens is 320 g/mol. The Labute approximate surface area is 136 Å². The van der Waals surface area contributed by atoms with Crippen LogP contribution in [0.1, 0.15) is 12.6 Å². The number of aromatic hydroxyl groups is 1. The van der Waals surface area contributed by atoms with Crippen LogP contribution < -0.4 is 0 Å². The van der Waals surface area contributed by atoms with Gasteiger partial charge in [-0.2, -0.15) is 0 Å². The van der Waals surface area contributed by atoms with Crippen molar-refractivity contribution in [2.75, 3.05) is 6.61 Å². The van der Waals surface area contributed by atoms with Crippen LogP contribution >= 0.6 is 11.6 Å². The van der Waals surface area contributed by atoms with E-state index in [1.807, 2.05) is 0 Å². The van der Waals surface area contributed by atoms with Crippen molar-refractivity contribution in [1.82, 2.24) is 19.5 Å². The van der Waals surface area contributed by atoms with E-state index < -0.39 is 5.97 Å². The van der Waals surface area contributed by atoms with Gasteiger partial charge in [0.1, 0.15) is 11.3 Å². The number of carbonyl (C=O) groups is 1. The number of ether oxygens (including phenoxy) is 1. The van der Waals surface area contributed by atoms with Gasteiger partial charge in [-0.05, 0) is 19.1 Å². The fraction of sp³-hybridized carbons (Fsp3) is 0.200. The summed E-state index contributed by atoms with van der Waals surface area (Å²) in [4.78, 5) is 24.4. The average Bonchev–Trinajstić information content (AvgIpc) is 2.82. The number of hydrogen-bond acceptors (Lipinski definition) is 6. The van der Waals surface area contributed by atoms with Crippen molar-refractivity contribution in [2.45, 2.75) is 13.3 Å². The summed E-state index contributed by atoms with van der Waals surface area (Å²) in [5.41, 5.74) is 1.18. The average molecular weight is 333 g/mol. The number of esters is 1. The molecule has 0 amide bonds. The molecule has 23 heavy (non-hydrogen) atoms. The number of aromatic nitrogens is 4. The van der Waals surface area contributed by atoms with Gasteiger partial charge in [-0.25, -0.2) is 9.97 Å². The monoisotopic (exact) mass is 332 g/mol. The number of rotatable bonds is 4. The Kier molecular flexibility index (Phi) is 4.12. The predicted molar refractivity (Wildman–Crippen MR) is 83.7 cm³/mol. The topological polar surface area (TPSA) is 90.1 Å². The summed E-state index contributed by atoms with van der Waals surface area (Å²) >= 11 is 5.85. The second kappa shape index (κ2) is 6.21. The number of halogens is 1. The number of hydrogen-bond donors (Lipinski definition) is 1. The first-order chi connectivity index (χ1) is 11.1. The van der Waals surface area contributed by atoms with Crippen LogP contribution in [0.4, 0.5) is 0 Å². The van der Waals surface area contributed by atoms with Crippen LogP contribution in [0.5, 0.6) is 5.88 Å². The second-order valence-electron chi connectivity index (χ2n) is 4.68. The summed E-state index contributed by atoms with van der Waals surface area (Å²) < 4.78 is 6.42. The highest BCUT2D eigenvalue weighted by Gasteiger charge is 2.22. The van der Waals surface area contributed by atoms with Crippen LogP contribution in [0.15, 0.2) is 30.7 Å². The van der Waals surface area contributed by atoms with Crippen LogP contribution in [0.25, 0.3) is 16.9 Å². The molecule has 0 atom stereocenters. The molecular formula is C15H13ClN4O3. The van der Waals surface area contributed by atoms with Gasteiger partial charge in [-0.15, -0.1) is 0 Å². The largest absolute Gasteiger partial charge is 0.493 e. The Hall–Kier alpha value is -2.67. The summed E-state index contributed by atoms with van der Waals surface area (Å²) in [6, 6.07) is 3.28. The van der Waals surface area contributed by atoms with E-state index in [4.69, 9.17) is 16.3 Å². The van der Waals surface area contributed by atoms with Crippen molar-refractivity contribution in [3.05, 3.63) is 41.4 Å². The minimum absolute atomic E-state index is 0.0616. The molecule has 7 nitrogen and oxygen atoms in total. The van der Waals surface area contributed by atoms with Gasteiger partial charge in [-0.1, -0.05) is 11.6 Å². The molecule has 0 fully saturated rings. The summed E-state index contributed by atoms with van der Waals surface area (Å²) in [6.45, 7) is 2.00. The standard InChI is InChI=1S/C15H13ClN4O3/c1-2-23-12(21)7-10-13-14(18-6-5-17-13)15(22)20(10)11-4-3-9(16)8-19-11/h3-6,8,22H,2,7H2,1H3. The van der Waals surface area contributed by atoms with E-state index in [1.54, 1.807) is 19.1 Å². The Bertz CT molecular complexity index is 861. The summed E-state index contributed by atoms with van der Waals surface area (Å²) in [5, 5.41) is 10.9. The van der Waals surface area contributed by atoms with Gasteiger partial charge in [0.15, 0.2) is 5.52 Å². The van der Waals surface area contributed by atoms with E-state index >= 15 is 0 Å². The van der Waals surface area contributed by atoms with E-state index in [2.05, 4.69) is 15.0 Å². The molecule has 0 aromatic carbocycles. The van der Waals surface area contributed by atoms with Crippen molar-refractivity contribution in [3.63, 3.8) is 0 Å². The lowest BCUT2D eigenvalue weighted by atomic mass is 10.2. The van der Waals surface area contributed by atoms with Gasteiger partial charge in [0.2, 0.25) is 5.88 Å². The van der Waals surface area contributed by atoms with Crippen LogP contribution in [0.3, 0.4) is 0 Å². The number of nitrogens with zero attached hydrogens (tertiary/aromatic N) is 4. The van der Waals surface area contributed by atoms with Crippen LogP contribution in [-0.4, -0.2) is 37.2 Å². The molecule has 0 aliphatic carbocycles. The molecule has 3 heterocycles. The van der Waals surface area contributed by atoms with Gasteiger partial charge in [0.05, 0.1) is 23.7 Å². The summed E-state index contributed by atoms with van der Waals surface area (Å²) in [6.07, 6.45) is 4.36. The first kappa shape index (κ1) is 15.2. The second-order valence-corrected chi connectivity index (χ2v) is 5.11. The van der Waals surface area contributed by atoms with E-state index in [0.29, 0.717) is 27.6 Å². The molecule has 3 aromatic rings. The lowest BCUT2D eigenvalue weighted by molar-refractivity contribution is -0.142. The van der Waals surface area contributed by atoms with E-state index in [-0.39, 0.29) is 18.9 Å². The fourth-order valence-electron chi connectivity index (χ4n) is 2.31. The predicted octanol–water partition coefficient (Wildman–Crippen LogP) is 2.28. The molecule has 0 saturated carbocycles. The number of pyridine rings is 1. The van der Waals surface area contributed by atoms with Gasteiger partial charge in [-0.3, -0.25) is 14.3 Å². The van der Waals surface area contributed by atoms with Crippen LogP contribution in [-0.2, 0) is 16.0 Å². The molecule has 1 N–H and O–H groups in total. The number of fused-ring (bicyclic) bond motifs is 1. The van der Waals surface area contributed by atoms with Crippen molar-refractivity contribution in [1.29, 1.82) is 0 Å². The van der Waals surface area contributed by atoms with Crippen LogP contribution in [0, 0.1) is 0 Å². The molecule has 0 bridgehead atoms. The number of carbonyl (C=O) groups excluding carboxylic acids is 1. The first-order valence-corrected chi connectivity index (χ1v) is 7.30. The van der Waals surface area contributed by atoms with Crippen molar-refractivity contribution in [3.8, 4) is 11.7 Å². The highest BCUT2D eigenvalue weighted by molar-refractivity contribution is 6.30. The third-order valence-corrected chi connectivity index (χ3v) is 3.45. The third kappa shape index (κ3) is 2.83. The normalized spacial score (nSPS) is 10.9. The van der Waals surface area contributed by atoms with E-state index in [0.717, 1.165) is 0 Å². The molecule has 0 aliphatic heterocycles. The maximum absolute atomic E-state index is 11.9. The molecule has 0 aliphatic rings. The first-order valence-electron chi connectivity index (χ1n) is 6.92. The molecule has 118 valence electrons. The van der Waals surface area contributed by atoms with Crippen molar-refractivity contribution >= 4 is 28.6 Å². The molecule has 0 radical (unpaired) electrons. The summed E-state index contributed by atoms with van der Waals surface area (Å²) in [5.74, 6) is -0.152. The van der Waals surface area contributed by atoms with E-state index in [9.17, 15) is 9.90 Å². The molecule has 0 saturated heterocycles. The third-order valence-electron chi connectivity index (χ3n) is 3.22. The zero-order valence-electron chi connectivity index (χ0n) is 12.2. The zero-order chi connectivity index (χ0) is 16.4. The Morgan fingerprint density at radius 3 is 2.65 bits per heavy atom. The van der Waals surface area contributed by atoms with Crippen molar-refractivity contribution in [2.24, 2.45) is 0 Å². The minimum Gasteiger partial charge on any atom is -0.493 e. The molecule has 3 aromatic heterocycles. The van der Waals surface area contributed by atoms with Gasteiger partial charge in [0, 0.05) is 18.6 Å².